The number of hydrogen-bond donors (Lipinski definition) is 0. The molecular formula is C8H18S. The molecule has 0 fully saturated rings. The number of hydrogen-bond acceptors (Lipinski definition) is 0. The highest BCUT2D eigenvalue weighted by atomic mass is 32.1. The molecule has 0 amide bonds. The van der Waals surface area contributed by atoms with Gasteiger partial charge in [-0.1, -0.05) is 11.1 Å². The van der Waals surface area contributed by atoms with Gasteiger partial charge in [0.25, 0.3) is 0 Å². The maximum atomic E-state index is 3.56. The van der Waals surface area contributed by atoms with Crippen molar-refractivity contribution in [3.63, 3.8) is 0 Å². The molecule has 0 rings (SSSR count). The Labute approximate surface area is 66.1 Å². The average Bonchev–Trinajstić information content (AvgIpc) is 1.25. The summed E-state index contributed by atoms with van der Waals surface area (Å²) >= 11 is 0. The van der Waals surface area contributed by atoms with E-state index in [1.165, 1.54) is 11.1 Å². The monoisotopic (exact) mass is 146 g/mol. The van der Waals surface area contributed by atoms with Gasteiger partial charge in [-0.2, -0.15) is 13.5 Å². The van der Waals surface area contributed by atoms with Crippen molar-refractivity contribution in [1.82, 2.24) is 0 Å². The molecule has 9 heavy (non-hydrogen) atoms. The largest absolute Gasteiger partial charge is 0.197 e. The molecule has 0 saturated carbocycles. The Bertz CT molecular complexity index is 62.6. The van der Waals surface area contributed by atoms with Crippen LogP contribution in [0.2, 0.25) is 0 Å². The summed E-state index contributed by atoms with van der Waals surface area (Å²) in [6, 6.07) is 0. The van der Waals surface area contributed by atoms with Gasteiger partial charge in [0, 0.05) is 0 Å². The van der Waals surface area contributed by atoms with Gasteiger partial charge in [-0.3, -0.25) is 0 Å². The van der Waals surface area contributed by atoms with Gasteiger partial charge in [0.1, 0.15) is 0 Å². The van der Waals surface area contributed by atoms with Crippen LogP contribution in [0.5, 0.6) is 0 Å². The van der Waals surface area contributed by atoms with Crippen LogP contribution in [0.3, 0.4) is 0 Å². The van der Waals surface area contributed by atoms with E-state index in [1.54, 1.807) is 0 Å². The van der Waals surface area contributed by atoms with E-state index < -0.39 is 0 Å². The molecule has 0 aliphatic rings. The summed E-state index contributed by atoms with van der Waals surface area (Å²) in [6.07, 6.45) is 0. The Morgan fingerprint density at radius 3 is 0.778 bits per heavy atom. The Hall–Kier alpha value is -0.170. The minimum absolute atomic E-state index is 0. The van der Waals surface area contributed by atoms with Crippen LogP contribution in [-0.2, 0) is 0 Å². The minimum atomic E-state index is 0. The summed E-state index contributed by atoms with van der Waals surface area (Å²) in [6.45, 7) is 15.0. The van der Waals surface area contributed by atoms with Gasteiger partial charge in [-0.05, 0) is 27.7 Å². The molecule has 1 heteroatoms. The zero-order valence-corrected chi connectivity index (χ0v) is 7.91. The summed E-state index contributed by atoms with van der Waals surface area (Å²) in [4.78, 5) is 0. The third-order valence-corrected chi connectivity index (χ3v) is 0. The maximum Gasteiger partial charge on any atom is -0.0445 e. The average molecular weight is 146 g/mol. The van der Waals surface area contributed by atoms with E-state index >= 15 is 0 Å². The van der Waals surface area contributed by atoms with Crippen LogP contribution in [0.25, 0.3) is 0 Å². The predicted molar refractivity (Wildman–Crippen MR) is 51.4 cm³/mol. The van der Waals surface area contributed by atoms with Crippen molar-refractivity contribution in [2.75, 3.05) is 0 Å². The van der Waals surface area contributed by atoms with Crippen LogP contribution in [0.1, 0.15) is 27.7 Å². The smallest absolute Gasteiger partial charge is 0.0445 e. The van der Waals surface area contributed by atoms with E-state index in [4.69, 9.17) is 0 Å². The van der Waals surface area contributed by atoms with Crippen molar-refractivity contribution in [1.29, 1.82) is 0 Å². The molecule has 0 heterocycles. The van der Waals surface area contributed by atoms with Gasteiger partial charge in [-0.25, -0.2) is 0 Å². The van der Waals surface area contributed by atoms with Crippen molar-refractivity contribution in [3.8, 4) is 0 Å². The van der Waals surface area contributed by atoms with Crippen LogP contribution >= 0.6 is 13.5 Å². The highest BCUT2D eigenvalue weighted by molar-refractivity contribution is 7.59. The third-order valence-electron chi connectivity index (χ3n) is 0. The van der Waals surface area contributed by atoms with Crippen molar-refractivity contribution >= 4 is 13.5 Å². The Balaban J connectivity index is -0.0000000720. The molecule has 0 saturated heterocycles. The lowest BCUT2D eigenvalue weighted by Crippen LogP contribution is -1.43. The number of allylic oxidation sites excluding steroid dienone is 2. The first-order valence-electron chi connectivity index (χ1n) is 2.71. The van der Waals surface area contributed by atoms with Gasteiger partial charge in [0.2, 0.25) is 0 Å². The zero-order valence-electron chi connectivity index (χ0n) is 6.91. The Morgan fingerprint density at radius 1 is 0.778 bits per heavy atom. The summed E-state index contributed by atoms with van der Waals surface area (Å²) < 4.78 is 0. The molecule has 0 atom stereocenters. The first-order chi connectivity index (χ1) is 3.46. The molecule has 0 nitrogen and oxygen atoms in total. The summed E-state index contributed by atoms with van der Waals surface area (Å²) in [5, 5.41) is 0. The first kappa shape index (κ1) is 15.9. The molecule has 0 aromatic carbocycles. The van der Waals surface area contributed by atoms with Gasteiger partial charge in [0.05, 0.1) is 0 Å². The molecular weight excluding hydrogens is 128 g/mol. The molecule has 56 valence electrons. The van der Waals surface area contributed by atoms with Crippen molar-refractivity contribution in [3.05, 3.63) is 24.3 Å². The molecule has 0 aromatic heterocycles. The quantitative estimate of drug-likeness (QED) is 0.460. The van der Waals surface area contributed by atoms with E-state index in [1.807, 2.05) is 27.7 Å². The lowest BCUT2D eigenvalue weighted by molar-refractivity contribution is 1.42. The summed E-state index contributed by atoms with van der Waals surface area (Å²) in [5.41, 5.74) is 2.33. The standard InChI is InChI=1S/2C4H8.H2S/c2*1-4(2)3;/h2*1H2,2-3H3;1H2. The van der Waals surface area contributed by atoms with E-state index in [0.717, 1.165) is 0 Å². The first-order valence-corrected chi connectivity index (χ1v) is 2.71. The van der Waals surface area contributed by atoms with E-state index in [2.05, 4.69) is 13.2 Å². The SMILES string of the molecule is C=C(C)C.C=C(C)C.S. The lowest BCUT2D eigenvalue weighted by Gasteiger charge is -1.65. The van der Waals surface area contributed by atoms with E-state index in [-0.39, 0.29) is 13.5 Å². The summed E-state index contributed by atoms with van der Waals surface area (Å²) in [5.74, 6) is 0. The van der Waals surface area contributed by atoms with Crippen LogP contribution in [0.4, 0.5) is 0 Å². The van der Waals surface area contributed by atoms with Gasteiger partial charge < -0.3 is 0 Å². The lowest BCUT2D eigenvalue weighted by atomic mass is 10.4. The van der Waals surface area contributed by atoms with Crippen molar-refractivity contribution in [2.45, 2.75) is 27.7 Å². The van der Waals surface area contributed by atoms with Crippen LogP contribution < -0.4 is 0 Å². The molecule has 0 spiro atoms. The second-order valence-corrected chi connectivity index (χ2v) is 2.41. The fourth-order valence-corrected chi connectivity index (χ4v) is 0. The molecule has 0 unspecified atom stereocenters. The zero-order chi connectivity index (χ0) is 7.15. The Morgan fingerprint density at radius 2 is 0.778 bits per heavy atom. The van der Waals surface area contributed by atoms with Crippen LogP contribution in [0.15, 0.2) is 24.3 Å². The van der Waals surface area contributed by atoms with Crippen molar-refractivity contribution in [2.24, 2.45) is 0 Å². The van der Waals surface area contributed by atoms with E-state index in [9.17, 15) is 0 Å². The second kappa shape index (κ2) is 10.7. The minimum Gasteiger partial charge on any atom is -0.197 e. The molecule has 0 aliphatic carbocycles. The molecule has 0 aliphatic heterocycles. The van der Waals surface area contributed by atoms with Crippen LogP contribution in [0, 0.1) is 0 Å². The molecule has 0 aromatic rings. The molecule has 0 N–H and O–H groups in total. The maximum absolute atomic E-state index is 3.56. The fraction of sp³-hybridized carbons (Fsp3) is 0.500. The highest BCUT2D eigenvalue weighted by Crippen LogP contribution is 1.74. The molecule has 0 radical (unpaired) electrons. The number of rotatable bonds is 0. The fourth-order valence-electron chi connectivity index (χ4n) is 0. The van der Waals surface area contributed by atoms with Crippen molar-refractivity contribution < 1.29 is 0 Å². The van der Waals surface area contributed by atoms with Crippen LogP contribution in [-0.4, -0.2) is 0 Å². The normalized spacial score (nSPS) is 5.78. The Kier molecular flexibility index (Phi) is 19.0. The van der Waals surface area contributed by atoms with Gasteiger partial charge >= 0.3 is 0 Å². The predicted octanol–water partition coefficient (Wildman–Crippen LogP) is 3.28. The van der Waals surface area contributed by atoms with Gasteiger partial charge in [0.15, 0.2) is 0 Å². The van der Waals surface area contributed by atoms with E-state index in [0.29, 0.717) is 0 Å². The van der Waals surface area contributed by atoms with Gasteiger partial charge in [-0.15, -0.1) is 13.2 Å². The summed E-state index contributed by atoms with van der Waals surface area (Å²) in [7, 11) is 0. The molecule has 0 bridgehead atoms. The second-order valence-electron chi connectivity index (χ2n) is 2.41. The highest BCUT2D eigenvalue weighted by Gasteiger charge is 1.52. The topological polar surface area (TPSA) is 0 Å². The third kappa shape index (κ3) is 9210.